The molecule has 2 unspecified atom stereocenters. The molecule has 152 valence electrons. The van der Waals surface area contributed by atoms with Crippen LogP contribution in [0, 0.1) is 5.82 Å². The molecule has 0 radical (unpaired) electrons. The van der Waals surface area contributed by atoms with Crippen LogP contribution >= 0.6 is 0 Å². The van der Waals surface area contributed by atoms with Crippen molar-refractivity contribution >= 4 is 11.9 Å². The molecule has 2 aliphatic heterocycles. The summed E-state index contributed by atoms with van der Waals surface area (Å²) in [6, 6.07) is 5.76. The predicted molar refractivity (Wildman–Crippen MR) is 100 cm³/mol. The lowest BCUT2D eigenvalue weighted by Crippen LogP contribution is -2.52. The number of carbonyl (C=O) groups excluding carboxylic acids is 1. The zero-order valence-electron chi connectivity index (χ0n) is 15.9. The Bertz CT molecular complexity index is 714. The molecule has 7 heteroatoms. The van der Waals surface area contributed by atoms with Crippen LogP contribution in [0.25, 0.3) is 0 Å². The minimum atomic E-state index is -0.810. The fourth-order valence-electron chi connectivity index (χ4n) is 4.46. The van der Waals surface area contributed by atoms with E-state index in [9.17, 15) is 19.1 Å². The van der Waals surface area contributed by atoms with E-state index in [1.165, 1.54) is 12.1 Å². The smallest absolute Gasteiger partial charge is 0.320 e. The van der Waals surface area contributed by atoms with Gasteiger partial charge in [-0.1, -0.05) is 12.1 Å². The minimum absolute atomic E-state index is 0.0765. The van der Waals surface area contributed by atoms with Crippen molar-refractivity contribution in [2.45, 2.75) is 69.4 Å². The zero-order valence-corrected chi connectivity index (χ0v) is 15.9. The molecule has 3 fully saturated rings. The molecule has 1 aromatic rings. The van der Waals surface area contributed by atoms with Crippen molar-refractivity contribution in [3.63, 3.8) is 0 Å². The number of amides is 1. The SMILES string of the molecule is O=C(O)C1CCC(C(=O)N2CCC(OCc3ccc(F)cc3)CC2)N1C1CC1. The summed E-state index contributed by atoms with van der Waals surface area (Å²) in [4.78, 5) is 28.4. The van der Waals surface area contributed by atoms with Gasteiger partial charge in [-0.15, -0.1) is 0 Å². The summed E-state index contributed by atoms with van der Waals surface area (Å²) in [6.07, 6.45) is 4.80. The Morgan fingerprint density at radius 2 is 1.64 bits per heavy atom. The lowest BCUT2D eigenvalue weighted by Gasteiger charge is -2.36. The van der Waals surface area contributed by atoms with Crippen LogP contribution in [0.15, 0.2) is 24.3 Å². The number of rotatable bonds is 6. The fraction of sp³-hybridized carbons (Fsp3) is 0.619. The van der Waals surface area contributed by atoms with Crippen molar-refractivity contribution in [1.82, 2.24) is 9.80 Å². The molecule has 0 bridgehead atoms. The third kappa shape index (κ3) is 4.20. The first-order valence-corrected chi connectivity index (χ1v) is 10.2. The molecule has 1 aliphatic carbocycles. The quantitative estimate of drug-likeness (QED) is 0.808. The summed E-state index contributed by atoms with van der Waals surface area (Å²) >= 11 is 0. The summed E-state index contributed by atoms with van der Waals surface area (Å²) in [5.41, 5.74) is 0.936. The molecule has 2 heterocycles. The number of hydrogen-bond acceptors (Lipinski definition) is 4. The topological polar surface area (TPSA) is 70.1 Å². The van der Waals surface area contributed by atoms with Crippen molar-refractivity contribution < 1.29 is 23.8 Å². The second kappa shape index (κ2) is 8.17. The third-order valence-corrected chi connectivity index (χ3v) is 6.12. The van der Waals surface area contributed by atoms with Gasteiger partial charge in [-0.3, -0.25) is 14.5 Å². The highest BCUT2D eigenvalue weighted by Crippen LogP contribution is 2.38. The maximum Gasteiger partial charge on any atom is 0.320 e. The minimum Gasteiger partial charge on any atom is -0.480 e. The molecule has 1 saturated carbocycles. The number of piperidine rings is 1. The van der Waals surface area contributed by atoms with Gasteiger partial charge in [-0.2, -0.15) is 0 Å². The number of benzene rings is 1. The van der Waals surface area contributed by atoms with Gasteiger partial charge in [0.2, 0.25) is 5.91 Å². The Hall–Kier alpha value is -1.99. The molecule has 0 aromatic heterocycles. The number of halogens is 1. The van der Waals surface area contributed by atoms with Gasteiger partial charge in [-0.25, -0.2) is 4.39 Å². The van der Waals surface area contributed by atoms with Crippen LogP contribution < -0.4 is 0 Å². The molecular formula is C21H27FN2O4. The fourth-order valence-corrected chi connectivity index (χ4v) is 4.46. The highest BCUT2D eigenvalue weighted by atomic mass is 19.1. The van der Waals surface area contributed by atoms with Crippen molar-refractivity contribution in [1.29, 1.82) is 0 Å². The average Bonchev–Trinajstić information content (AvgIpc) is 3.45. The Balaban J connectivity index is 1.28. The van der Waals surface area contributed by atoms with E-state index in [0.29, 0.717) is 32.5 Å². The monoisotopic (exact) mass is 390 g/mol. The van der Waals surface area contributed by atoms with E-state index < -0.39 is 12.0 Å². The highest BCUT2D eigenvalue weighted by Gasteiger charge is 2.49. The lowest BCUT2D eigenvalue weighted by molar-refractivity contribution is -0.145. The van der Waals surface area contributed by atoms with Crippen molar-refractivity contribution in [2.75, 3.05) is 13.1 Å². The molecular weight excluding hydrogens is 363 g/mol. The van der Waals surface area contributed by atoms with Gasteiger partial charge in [0.25, 0.3) is 0 Å². The van der Waals surface area contributed by atoms with Gasteiger partial charge in [0.05, 0.1) is 18.8 Å². The van der Waals surface area contributed by atoms with Gasteiger partial charge in [0.1, 0.15) is 11.9 Å². The maximum absolute atomic E-state index is 13.0. The number of likely N-dealkylation sites (tertiary alicyclic amines) is 2. The van der Waals surface area contributed by atoms with E-state index in [4.69, 9.17) is 4.74 Å². The first-order valence-electron chi connectivity index (χ1n) is 10.2. The van der Waals surface area contributed by atoms with Crippen molar-refractivity contribution in [2.24, 2.45) is 0 Å². The first kappa shape index (κ1) is 19.3. The standard InChI is InChI=1S/C21H27FN2O4/c22-15-3-1-14(2-4-15)13-28-17-9-11-23(12-10-17)20(25)18-7-8-19(21(26)27)24(18)16-5-6-16/h1-4,16-19H,5-13H2,(H,26,27). The molecule has 2 saturated heterocycles. The maximum atomic E-state index is 13.0. The molecule has 2 atom stereocenters. The van der Waals surface area contributed by atoms with Crippen molar-refractivity contribution in [3.8, 4) is 0 Å². The summed E-state index contributed by atoms with van der Waals surface area (Å²) in [6.45, 7) is 1.72. The molecule has 1 amide bonds. The van der Waals surface area contributed by atoms with E-state index in [-0.39, 0.29) is 29.9 Å². The molecule has 1 N–H and O–H groups in total. The number of hydrogen-bond donors (Lipinski definition) is 1. The number of carboxylic acids is 1. The Morgan fingerprint density at radius 3 is 2.25 bits per heavy atom. The van der Waals surface area contributed by atoms with Crippen molar-refractivity contribution in [3.05, 3.63) is 35.6 Å². The Morgan fingerprint density at radius 1 is 1.00 bits per heavy atom. The summed E-state index contributed by atoms with van der Waals surface area (Å²) < 4.78 is 18.9. The van der Waals surface area contributed by atoms with Gasteiger partial charge in [0.15, 0.2) is 0 Å². The molecule has 6 nitrogen and oxygen atoms in total. The third-order valence-electron chi connectivity index (χ3n) is 6.12. The number of aliphatic carboxylic acids is 1. The molecule has 1 aromatic carbocycles. The Labute approximate surface area is 164 Å². The number of carbonyl (C=O) groups is 2. The second-order valence-corrected chi connectivity index (χ2v) is 8.09. The van der Waals surface area contributed by atoms with E-state index in [0.717, 1.165) is 31.2 Å². The molecule has 4 rings (SSSR count). The average molecular weight is 390 g/mol. The summed E-state index contributed by atoms with van der Waals surface area (Å²) in [7, 11) is 0. The normalized spacial score (nSPS) is 26.5. The van der Waals surface area contributed by atoms with Crippen LogP contribution in [-0.4, -0.2) is 64.1 Å². The van der Waals surface area contributed by atoms with Gasteiger partial charge in [-0.05, 0) is 56.2 Å². The van der Waals surface area contributed by atoms with E-state index >= 15 is 0 Å². The van der Waals surface area contributed by atoms with Crippen LogP contribution in [0.3, 0.4) is 0 Å². The van der Waals surface area contributed by atoms with Crippen LogP contribution in [0.1, 0.15) is 44.1 Å². The predicted octanol–water partition coefficient (Wildman–Crippen LogP) is 2.41. The van der Waals surface area contributed by atoms with E-state index in [1.54, 1.807) is 12.1 Å². The van der Waals surface area contributed by atoms with Gasteiger partial charge < -0.3 is 14.7 Å². The van der Waals surface area contributed by atoms with Crippen LogP contribution in [0.5, 0.6) is 0 Å². The lowest BCUT2D eigenvalue weighted by atomic mass is 10.1. The van der Waals surface area contributed by atoms with E-state index in [1.807, 2.05) is 9.80 Å². The number of ether oxygens (including phenoxy) is 1. The number of nitrogens with zero attached hydrogens (tertiary/aromatic N) is 2. The Kier molecular flexibility index (Phi) is 5.64. The molecule has 28 heavy (non-hydrogen) atoms. The van der Waals surface area contributed by atoms with Crippen LogP contribution in [-0.2, 0) is 20.9 Å². The molecule has 0 spiro atoms. The van der Waals surface area contributed by atoms with Gasteiger partial charge in [0, 0.05) is 19.1 Å². The van der Waals surface area contributed by atoms with Gasteiger partial charge >= 0.3 is 5.97 Å². The first-order chi connectivity index (χ1) is 13.5. The second-order valence-electron chi connectivity index (χ2n) is 8.09. The highest BCUT2D eigenvalue weighted by molar-refractivity contribution is 5.84. The largest absolute Gasteiger partial charge is 0.480 e. The van der Waals surface area contributed by atoms with Crippen LogP contribution in [0.2, 0.25) is 0 Å². The number of carboxylic acid groups (broad SMARTS) is 1. The summed E-state index contributed by atoms with van der Waals surface area (Å²) in [5, 5.41) is 9.47. The summed E-state index contributed by atoms with van der Waals surface area (Å²) in [5.74, 6) is -0.990. The van der Waals surface area contributed by atoms with E-state index in [2.05, 4.69) is 0 Å². The zero-order chi connectivity index (χ0) is 19.7. The molecule has 3 aliphatic rings. The van der Waals surface area contributed by atoms with Crippen LogP contribution in [0.4, 0.5) is 4.39 Å².